The van der Waals surface area contributed by atoms with Gasteiger partial charge < -0.3 is 10.2 Å². The average molecular weight is 646 g/mol. The second kappa shape index (κ2) is 15.2. The van der Waals surface area contributed by atoms with Gasteiger partial charge in [-0.3, -0.25) is 13.9 Å². The lowest BCUT2D eigenvalue weighted by atomic mass is 10.0. The molecule has 4 aromatic carbocycles. The summed E-state index contributed by atoms with van der Waals surface area (Å²) < 4.78 is 29.5. The maximum absolute atomic E-state index is 14.6. The van der Waals surface area contributed by atoms with Crippen molar-refractivity contribution in [2.75, 3.05) is 10.8 Å². The molecule has 236 valence electrons. The number of amides is 2. The van der Waals surface area contributed by atoms with Crippen molar-refractivity contribution in [3.05, 3.63) is 130 Å². The van der Waals surface area contributed by atoms with E-state index in [0.29, 0.717) is 22.7 Å². The average Bonchev–Trinajstić information content (AvgIpc) is 3.04. The van der Waals surface area contributed by atoms with E-state index in [9.17, 15) is 18.0 Å². The number of sulfonamides is 1. The second-order valence-electron chi connectivity index (χ2n) is 11.2. The largest absolute Gasteiger partial charge is 0.352 e. The van der Waals surface area contributed by atoms with Crippen molar-refractivity contribution in [3.63, 3.8) is 0 Å². The van der Waals surface area contributed by atoms with Gasteiger partial charge in [0.2, 0.25) is 11.8 Å². The SMILES string of the molecule is CC[C@@H](C)NC(=O)[C@@H](Cc1ccccc1)N(Cc1ccccc1C)C(=O)CN(c1cc(Cl)ccc1C)S(=O)(=O)c1ccccc1. The first-order chi connectivity index (χ1) is 21.5. The molecule has 0 unspecified atom stereocenters. The molecule has 4 aromatic rings. The van der Waals surface area contributed by atoms with Crippen LogP contribution in [0.25, 0.3) is 0 Å². The summed E-state index contributed by atoms with van der Waals surface area (Å²) in [6.07, 6.45) is 0.967. The van der Waals surface area contributed by atoms with Crippen LogP contribution in [0, 0.1) is 13.8 Å². The molecule has 0 fully saturated rings. The van der Waals surface area contributed by atoms with Crippen LogP contribution in [0.2, 0.25) is 5.02 Å². The number of aryl methyl sites for hydroxylation is 2. The minimum atomic E-state index is -4.20. The van der Waals surface area contributed by atoms with Crippen molar-refractivity contribution in [2.24, 2.45) is 0 Å². The molecule has 0 saturated carbocycles. The van der Waals surface area contributed by atoms with Crippen molar-refractivity contribution in [1.82, 2.24) is 10.2 Å². The second-order valence-corrected chi connectivity index (χ2v) is 13.5. The van der Waals surface area contributed by atoms with Crippen LogP contribution < -0.4 is 9.62 Å². The Morgan fingerprint density at radius 1 is 0.844 bits per heavy atom. The molecule has 45 heavy (non-hydrogen) atoms. The summed E-state index contributed by atoms with van der Waals surface area (Å²) in [5.41, 5.74) is 3.61. The topological polar surface area (TPSA) is 86.8 Å². The van der Waals surface area contributed by atoms with Crippen LogP contribution in [-0.4, -0.2) is 43.8 Å². The molecule has 0 heterocycles. The van der Waals surface area contributed by atoms with Gasteiger partial charge in [0.15, 0.2) is 0 Å². The van der Waals surface area contributed by atoms with E-state index in [1.54, 1.807) is 43.3 Å². The molecule has 1 N–H and O–H groups in total. The number of rotatable bonds is 13. The van der Waals surface area contributed by atoms with E-state index in [-0.39, 0.29) is 29.8 Å². The first-order valence-electron chi connectivity index (χ1n) is 15.0. The van der Waals surface area contributed by atoms with Gasteiger partial charge in [0.1, 0.15) is 12.6 Å². The highest BCUT2D eigenvalue weighted by atomic mass is 35.5. The molecule has 0 radical (unpaired) electrons. The Morgan fingerprint density at radius 2 is 1.47 bits per heavy atom. The Bertz CT molecular complexity index is 1720. The quantitative estimate of drug-likeness (QED) is 0.175. The third-order valence-electron chi connectivity index (χ3n) is 7.92. The van der Waals surface area contributed by atoms with Crippen LogP contribution in [0.15, 0.2) is 108 Å². The van der Waals surface area contributed by atoms with E-state index >= 15 is 0 Å². The number of benzene rings is 4. The van der Waals surface area contributed by atoms with E-state index in [1.165, 1.54) is 17.0 Å². The van der Waals surface area contributed by atoms with Gasteiger partial charge in [-0.25, -0.2) is 8.42 Å². The van der Waals surface area contributed by atoms with Gasteiger partial charge in [0, 0.05) is 24.0 Å². The van der Waals surface area contributed by atoms with Gasteiger partial charge in [-0.05, 0) is 73.7 Å². The van der Waals surface area contributed by atoms with E-state index in [2.05, 4.69) is 5.32 Å². The fourth-order valence-corrected chi connectivity index (χ4v) is 6.71. The molecule has 0 aliphatic carbocycles. The fraction of sp³-hybridized carbons (Fsp3) is 0.278. The summed E-state index contributed by atoms with van der Waals surface area (Å²) >= 11 is 6.36. The van der Waals surface area contributed by atoms with E-state index < -0.39 is 28.5 Å². The predicted molar refractivity (Wildman–Crippen MR) is 181 cm³/mol. The van der Waals surface area contributed by atoms with Gasteiger partial charge in [-0.1, -0.05) is 97.4 Å². The van der Waals surface area contributed by atoms with Crippen molar-refractivity contribution < 1.29 is 18.0 Å². The highest BCUT2D eigenvalue weighted by Crippen LogP contribution is 2.30. The highest BCUT2D eigenvalue weighted by Gasteiger charge is 2.35. The van der Waals surface area contributed by atoms with Crippen molar-refractivity contribution in [2.45, 2.75) is 64.1 Å². The van der Waals surface area contributed by atoms with Crippen LogP contribution in [0.5, 0.6) is 0 Å². The van der Waals surface area contributed by atoms with Gasteiger partial charge >= 0.3 is 0 Å². The number of nitrogens with one attached hydrogen (secondary N) is 1. The molecular formula is C36H40ClN3O4S. The van der Waals surface area contributed by atoms with E-state index in [0.717, 1.165) is 21.0 Å². The normalized spacial score (nSPS) is 12.6. The molecule has 0 spiro atoms. The third kappa shape index (κ3) is 8.53. The summed E-state index contributed by atoms with van der Waals surface area (Å²) in [5.74, 6) is -0.816. The Morgan fingerprint density at radius 3 is 2.11 bits per heavy atom. The lowest BCUT2D eigenvalue weighted by molar-refractivity contribution is -0.140. The summed E-state index contributed by atoms with van der Waals surface area (Å²) in [5, 5.41) is 3.40. The number of carbonyl (C=O) groups excluding carboxylic acids is 2. The standard InChI is InChI=1S/C36H40ClN3O4S/c1-5-28(4)38-36(42)34(22-29-15-8-6-9-16-29)39(24-30-17-13-12-14-26(30)2)35(41)25-40(33-23-31(37)21-20-27(33)3)45(43,44)32-18-10-7-11-19-32/h6-21,23,28,34H,5,22,24-25H2,1-4H3,(H,38,42)/t28-,34-/m1/s1. The number of carbonyl (C=O) groups is 2. The minimum Gasteiger partial charge on any atom is -0.352 e. The molecule has 0 bridgehead atoms. The fourth-order valence-electron chi connectivity index (χ4n) is 5.05. The Labute approximate surface area is 271 Å². The lowest BCUT2D eigenvalue weighted by Gasteiger charge is -2.35. The van der Waals surface area contributed by atoms with Crippen LogP contribution in [0.1, 0.15) is 42.5 Å². The van der Waals surface area contributed by atoms with Crippen molar-refractivity contribution in [1.29, 1.82) is 0 Å². The summed E-state index contributed by atoms with van der Waals surface area (Å²) in [6, 6.07) is 29.1. The zero-order valence-corrected chi connectivity index (χ0v) is 27.7. The smallest absolute Gasteiger partial charge is 0.264 e. The molecule has 0 aliphatic heterocycles. The van der Waals surface area contributed by atoms with E-state index in [1.807, 2.05) is 75.4 Å². The number of hydrogen-bond donors (Lipinski definition) is 1. The zero-order chi connectivity index (χ0) is 32.6. The Kier molecular flexibility index (Phi) is 11.4. The molecule has 7 nitrogen and oxygen atoms in total. The van der Waals surface area contributed by atoms with E-state index in [4.69, 9.17) is 11.6 Å². The molecular weight excluding hydrogens is 606 g/mol. The van der Waals surface area contributed by atoms with Gasteiger partial charge in [-0.2, -0.15) is 0 Å². The third-order valence-corrected chi connectivity index (χ3v) is 9.93. The highest BCUT2D eigenvalue weighted by molar-refractivity contribution is 7.92. The maximum Gasteiger partial charge on any atom is 0.264 e. The predicted octanol–water partition coefficient (Wildman–Crippen LogP) is 6.71. The number of hydrogen-bond acceptors (Lipinski definition) is 4. The molecule has 0 aromatic heterocycles. The van der Waals surface area contributed by atoms with Crippen LogP contribution in [0.3, 0.4) is 0 Å². The lowest BCUT2D eigenvalue weighted by Crippen LogP contribution is -2.54. The summed E-state index contributed by atoms with van der Waals surface area (Å²) in [7, 11) is -4.20. The Hall–Kier alpha value is -4.14. The number of anilines is 1. The van der Waals surface area contributed by atoms with Gasteiger partial charge in [-0.15, -0.1) is 0 Å². The Balaban J connectivity index is 1.84. The first-order valence-corrected chi connectivity index (χ1v) is 16.8. The van der Waals surface area contributed by atoms with Crippen LogP contribution >= 0.6 is 11.6 Å². The zero-order valence-electron chi connectivity index (χ0n) is 26.1. The van der Waals surface area contributed by atoms with Gasteiger partial charge in [0.05, 0.1) is 10.6 Å². The van der Waals surface area contributed by atoms with Crippen molar-refractivity contribution in [3.8, 4) is 0 Å². The van der Waals surface area contributed by atoms with Crippen molar-refractivity contribution >= 4 is 39.1 Å². The molecule has 2 atom stereocenters. The van der Waals surface area contributed by atoms with Crippen LogP contribution in [-0.2, 0) is 32.6 Å². The monoisotopic (exact) mass is 645 g/mol. The number of halogens is 1. The molecule has 9 heteroatoms. The summed E-state index contributed by atoms with van der Waals surface area (Å²) in [4.78, 5) is 30.1. The summed E-state index contributed by atoms with van der Waals surface area (Å²) in [6.45, 7) is 7.20. The molecule has 2 amide bonds. The first kappa shape index (κ1) is 33.7. The maximum atomic E-state index is 14.6. The minimum absolute atomic E-state index is 0.0398. The number of nitrogens with zero attached hydrogens (tertiary/aromatic N) is 2. The van der Waals surface area contributed by atoms with Crippen LogP contribution in [0.4, 0.5) is 5.69 Å². The van der Waals surface area contributed by atoms with Gasteiger partial charge in [0.25, 0.3) is 10.0 Å². The molecule has 0 aliphatic rings. The molecule has 0 saturated heterocycles. The molecule has 4 rings (SSSR count).